The van der Waals surface area contributed by atoms with Gasteiger partial charge in [-0.1, -0.05) is 88.4 Å². The largest absolute Gasteiger partial charge is 0.448 e. The molecule has 0 radical (unpaired) electrons. The molecule has 14 nitrogen and oxygen atoms in total. The number of ether oxygens (including phenoxy) is 1. The van der Waals surface area contributed by atoms with Crippen LogP contribution >= 0.6 is 0 Å². The van der Waals surface area contributed by atoms with Crippen LogP contribution in [0.4, 0.5) is 9.59 Å². The molecule has 2 heterocycles. The van der Waals surface area contributed by atoms with E-state index in [1.807, 2.05) is 74.5 Å². The van der Waals surface area contributed by atoms with Crippen LogP contribution < -0.4 is 16.0 Å². The zero-order valence-corrected chi connectivity index (χ0v) is 29.6. The molecule has 0 aliphatic rings. The highest BCUT2D eigenvalue weighted by Gasteiger charge is 2.36. The van der Waals surface area contributed by atoms with Crippen LogP contribution in [-0.2, 0) is 35.5 Å². The Morgan fingerprint density at radius 1 is 0.843 bits per heavy atom. The Morgan fingerprint density at radius 3 is 1.94 bits per heavy atom. The maximum Gasteiger partial charge on any atom is 0.407 e. The van der Waals surface area contributed by atoms with Crippen molar-refractivity contribution in [1.82, 2.24) is 30.8 Å². The molecule has 2 aromatic heterocycles. The average Bonchev–Trinajstić information content (AvgIpc) is 3.82. The summed E-state index contributed by atoms with van der Waals surface area (Å²) >= 11 is 0. The molecule has 0 spiro atoms. The fourth-order valence-corrected chi connectivity index (χ4v) is 5.40. The summed E-state index contributed by atoms with van der Waals surface area (Å²) in [6.45, 7) is 7.41. The lowest BCUT2D eigenvalue weighted by Crippen LogP contribution is -2.60. The first-order valence-electron chi connectivity index (χ1n) is 16.9. The second kappa shape index (κ2) is 18.7. The fourth-order valence-electron chi connectivity index (χ4n) is 5.40. The van der Waals surface area contributed by atoms with E-state index in [1.54, 1.807) is 20.9 Å². The molecule has 4 amide bonds. The normalized spacial score (nSPS) is 14.3. The molecule has 51 heavy (non-hydrogen) atoms. The molecule has 0 saturated carbocycles. The molecule has 4 rings (SSSR count). The van der Waals surface area contributed by atoms with Gasteiger partial charge in [-0.15, -0.1) is 0 Å². The van der Waals surface area contributed by atoms with E-state index in [0.717, 1.165) is 11.1 Å². The van der Waals surface area contributed by atoms with Gasteiger partial charge in [0.2, 0.25) is 11.8 Å². The second-order valence-corrected chi connectivity index (χ2v) is 13.1. The number of nitrogens with zero attached hydrogens (tertiary/aromatic N) is 3. The minimum Gasteiger partial charge on any atom is -0.448 e. The third kappa shape index (κ3) is 11.7. The number of rotatable bonds is 17. The van der Waals surface area contributed by atoms with Gasteiger partial charge in [-0.25, -0.2) is 19.6 Å². The predicted molar refractivity (Wildman–Crippen MR) is 187 cm³/mol. The monoisotopic (exact) mass is 704 g/mol. The maximum atomic E-state index is 13.9. The van der Waals surface area contributed by atoms with Gasteiger partial charge in [-0.3, -0.25) is 4.79 Å². The molecule has 5 atom stereocenters. The number of carbonyl (C=O) groups is 3. The molecular weight excluding hydrogens is 656 g/mol. The Balaban J connectivity index is 1.50. The Bertz CT molecular complexity index is 1650. The van der Waals surface area contributed by atoms with Crippen LogP contribution in [0.2, 0.25) is 0 Å². The van der Waals surface area contributed by atoms with Crippen molar-refractivity contribution < 1.29 is 38.2 Å². The van der Waals surface area contributed by atoms with Gasteiger partial charge in [0.05, 0.1) is 30.5 Å². The van der Waals surface area contributed by atoms with Crippen LogP contribution in [0.15, 0.2) is 88.2 Å². The van der Waals surface area contributed by atoms with Crippen molar-refractivity contribution in [2.45, 2.75) is 89.9 Å². The van der Waals surface area contributed by atoms with Crippen molar-refractivity contribution in [3.8, 4) is 0 Å². The SMILES string of the molecule is CC(C)c1nc(CN(C)C(=O)N[C@H](C(=O)N[C@@H](Cc2ccccc2)[C@H](O)[C@@H](O)[C@H](Cc2ccccc2)NC(=O)OCc2ncco2)C(C)C)co1. The number of aliphatic hydroxyl groups excluding tert-OH is 2. The minimum absolute atomic E-state index is 0.0905. The number of alkyl carbamates (subject to hydrolysis) is 1. The van der Waals surface area contributed by atoms with Gasteiger partial charge < -0.3 is 44.6 Å². The van der Waals surface area contributed by atoms with Crippen LogP contribution in [0.25, 0.3) is 0 Å². The van der Waals surface area contributed by atoms with Gasteiger partial charge in [0.15, 0.2) is 12.5 Å². The molecular formula is C37H48N6O8. The number of oxazole rings is 2. The van der Waals surface area contributed by atoms with Crippen molar-refractivity contribution >= 4 is 18.0 Å². The fraction of sp³-hybridized carbons (Fsp3) is 0.432. The summed E-state index contributed by atoms with van der Waals surface area (Å²) < 4.78 is 15.9. The lowest BCUT2D eigenvalue weighted by Gasteiger charge is -2.34. The summed E-state index contributed by atoms with van der Waals surface area (Å²) in [5.74, 6) is -0.0551. The van der Waals surface area contributed by atoms with Crippen molar-refractivity contribution in [3.63, 3.8) is 0 Å². The summed E-state index contributed by atoms with van der Waals surface area (Å²) in [6.07, 6.45) is 0.563. The summed E-state index contributed by atoms with van der Waals surface area (Å²) in [5.41, 5.74) is 2.13. The topological polar surface area (TPSA) is 192 Å². The Kier molecular flexibility index (Phi) is 14.1. The van der Waals surface area contributed by atoms with Crippen LogP contribution in [0.1, 0.15) is 62.2 Å². The summed E-state index contributed by atoms with van der Waals surface area (Å²) in [6, 6.07) is 14.7. The summed E-state index contributed by atoms with van der Waals surface area (Å²) in [7, 11) is 1.59. The van der Waals surface area contributed by atoms with E-state index in [4.69, 9.17) is 13.6 Å². The van der Waals surface area contributed by atoms with E-state index < -0.39 is 48.4 Å². The maximum absolute atomic E-state index is 13.9. The first-order chi connectivity index (χ1) is 24.4. The summed E-state index contributed by atoms with van der Waals surface area (Å²) in [5, 5.41) is 31.7. The van der Waals surface area contributed by atoms with Crippen molar-refractivity contribution in [1.29, 1.82) is 0 Å². The zero-order chi connectivity index (χ0) is 36.9. The third-order valence-electron chi connectivity index (χ3n) is 8.25. The number of aliphatic hydroxyl groups is 2. The smallest absolute Gasteiger partial charge is 0.407 e. The lowest BCUT2D eigenvalue weighted by molar-refractivity contribution is -0.126. The minimum atomic E-state index is -1.57. The number of nitrogens with one attached hydrogen (secondary N) is 3. The molecule has 5 N–H and O–H groups in total. The van der Waals surface area contributed by atoms with Gasteiger partial charge in [-0.05, 0) is 29.9 Å². The first kappa shape index (κ1) is 38.6. The van der Waals surface area contributed by atoms with Gasteiger partial charge in [0, 0.05) is 13.0 Å². The Labute approximate surface area is 297 Å². The van der Waals surface area contributed by atoms with Crippen LogP contribution in [-0.4, -0.2) is 80.5 Å². The van der Waals surface area contributed by atoms with Gasteiger partial charge in [0.1, 0.15) is 30.8 Å². The first-order valence-corrected chi connectivity index (χ1v) is 16.9. The summed E-state index contributed by atoms with van der Waals surface area (Å²) in [4.78, 5) is 49.7. The van der Waals surface area contributed by atoms with Crippen LogP contribution in [0.3, 0.4) is 0 Å². The quantitative estimate of drug-likeness (QED) is 0.108. The van der Waals surface area contributed by atoms with E-state index in [-0.39, 0.29) is 43.7 Å². The highest BCUT2D eigenvalue weighted by atomic mass is 16.6. The highest BCUT2D eigenvalue weighted by molar-refractivity contribution is 5.87. The molecule has 0 bridgehead atoms. The number of urea groups is 1. The Hall–Kier alpha value is -5.21. The third-order valence-corrected chi connectivity index (χ3v) is 8.25. The molecule has 0 fully saturated rings. The number of carbonyl (C=O) groups excluding carboxylic acids is 3. The van der Waals surface area contributed by atoms with Crippen LogP contribution in [0.5, 0.6) is 0 Å². The molecule has 2 aromatic carbocycles. The predicted octanol–water partition coefficient (Wildman–Crippen LogP) is 3.94. The molecule has 0 unspecified atom stereocenters. The number of amides is 4. The molecule has 0 aliphatic heterocycles. The van der Waals surface area contributed by atoms with E-state index in [1.165, 1.54) is 23.6 Å². The number of hydrogen-bond donors (Lipinski definition) is 5. The van der Waals surface area contributed by atoms with E-state index in [9.17, 15) is 24.6 Å². The second-order valence-electron chi connectivity index (χ2n) is 13.1. The van der Waals surface area contributed by atoms with E-state index in [2.05, 4.69) is 25.9 Å². The number of aromatic nitrogens is 2. The average molecular weight is 705 g/mol. The van der Waals surface area contributed by atoms with Crippen molar-refractivity contribution in [2.24, 2.45) is 5.92 Å². The van der Waals surface area contributed by atoms with E-state index >= 15 is 0 Å². The molecule has 0 aliphatic carbocycles. The number of benzene rings is 2. The number of hydrogen-bond acceptors (Lipinski definition) is 10. The lowest BCUT2D eigenvalue weighted by atomic mass is 9.90. The van der Waals surface area contributed by atoms with Crippen molar-refractivity contribution in [3.05, 3.63) is 108 Å². The van der Waals surface area contributed by atoms with Crippen LogP contribution in [0, 0.1) is 5.92 Å². The van der Waals surface area contributed by atoms with Gasteiger partial charge in [0.25, 0.3) is 0 Å². The molecule has 14 heteroatoms. The van der Waals surface area contributed by atoms with Gasteiger partial charge in [-0.2, -0.15) is 0 Å². The Morgan fingerprint density at radius 2 is 1.43 bits per heavy atom. The molecule has 0 saturated heterocycles. The van der Waals surface area contributed by atoms with E-state index in [0.29, 0.717) is 11.6 Å². The standard InChI is InChI=1S/C37H48N6O8/c1-23(2)31(42-36(47)43(5)20-27-21-50-35(39-27)24(3)4)34(46)40-28(18-25-12-8-6-9-13-25)32(44)33(45)29(19-26-14-10-7-11-15-26)41-37(48)51-22-30-38-16-17-49-30/h6-17,21,23-24,28-29,31-33,44-45H,18-20,22H2,1-5H3,(H,40,46)(H,41,48)(H,42,47)/t28-,29-,31-,32-,33-/m0/s1. The molecule has 274 valence electrons. The van der Waals surface area contributed by atoms with Crippen molar-refractivity contribution in [2.75, 3.05) is 7.05 Å². The molecule has 4 aromatic rings. The zero-order valence-electron chi connectivity index (χ0n) is 29.6. The van der Waals surface area contributed by atoms with Gasteiger partial charge >= 0.3 is 12.1 Å². The highest BCUT2D eigenvalue weighted by Crippen LogP contribution is 2.17.